The molecule has 8 aromatic rings. The lowest BCUT2D eigenvalue weighted by molar-refractivity contribution is 0.669. The zero-order chi connectivity index (χ0) is 24.3. The van der Waals surface area contributed by atoms with Crippen molar-refractivity contribution < 1.29 is 4.42 Å². The normalized spacial score (nSPS) is 11.8. The van der Waals surface area contributed by atoms with Crippen LogP contribution in [0.3, 0.4) is 0 Å². The van der Waals surface area contributed by atoms with Gasteiger partial charge >= 0.3 is 0 Å². The van der Waals surface area contributed by atoms with Gasteiger partial charge in [0.2, 0.25) is 0 Å². The van der Waals surface area contributed by atoms with Crippen LogP contribution in [0.15, 0.2) is 138 Å². The van der Waals surface area contributed by atoms with Crippen molar-refractivity contribution in [3.05, 3.63) is 133 Å². The summed E-state index contributed by atoms with van der Waals surface area (Å²) < 4.78 is 6.02. The topological polar surface area (TPSA) is 13.1 Å². The summed E-state index contributed by atoms with van der Waals surface area (Å²) in [5.41, 5.74) is 6.77. The molecule has 1 heterocycles. The smallest absolute Gasteiger partial charge is 0.135 e. The van der Waals surface area contributed by atoms with Crippen molar-refractivity contribution in [2.45, 2.75) is 0 Å². The van der Waals surface area contributed by atoms with Crippen LogP contribution in [0.2, 0.25) is 0 Å². The van der Waals surface area contributed by atoms with Gasteiger partial charge in [0.15, 0.2) is 0 Å². The van der Waals surface area contributed by atoms with Crippen molar-refractivity contribution >= 4 is 54.3 Å². The average molecular weight is 471 g/mol. The molecule has 0 spiro atoms. The van der Waals surface area contributed by atoms with Gasteiger partial charge in [-0.3, -0.25) is 0 Å². The number of fused-ring (bicyclic) bond motifs is 6. The third-order valence-corrected chi connectivity index (χ3v) is 7.59. The molecule has 0 atom stereocenters. The van der Waals surface area contributed by atoms with Gasteiger partial charge in [0, 0.05) is 10.8 Å². The quantitative estimate of drug-likeness (QED) is 0.229. The van der Waals surface area contributed by atoms with E-state index in [0.717, 1.165) is 21.9 Å². The van der Waals surface area contributed by atoms with Crippen molar-refractivity contribution in [3.8, 4) is 22.3 Å². The molecule has 7 aromatic carbocycles. The van der Waals surface area contributed by atoms with Gasteiger partial charge < -0.3 is 4.42 Å². The van der Waals surface area contributed by atoms with Crippen molar-refractivity contribution in [1.29, 1.82) is 0 Å². The Bertz CT molecular complexity index is 2140. The molecule has 8 rings (SSSR count). The second-order valence-electron chi connectivity index (χ2n) is 9.85. The van der Waals surface area contributed by atoms with Crippen LogP contribution < -0.4 is 0 Å². The number of para-hydroxylation sites is 1. The Kier molecular flexibility index (Phi) is 4.29. The summed E-state index contributed by atoms with van der Waals surface area (Å²) in [6.45, 7) is 0. The second kappa shape index (κ2) is 7.81. The minimum Gasteiger partial charge on any atom is -0.456 e. The first-order chi connectivity index (χ1) is 18.3. The molecule has 0 bridgehead atoms. The summed E-state index contributed by atoms with van der Waals surface area (Å²) in [7, 11) is 0. The van der Waals surface area contributed by atoms with E-state index < -0.39 is 0 Å². The van der Waals surface area contributed by atoms with Gasteiger partial charge in [0.25, 0.3) is 0 Å². The lowest BCUT2D eigenvalue weighted by atomic mass is 9.95. The standard InChI is InChI=1S/C36H22O/c1-2-6-24-17-25(10-9-23(24)5-1)26-11-13-28-21-32-19-27(12-14-29(32)20-31(28)18-26)30-15-16-36-34(22-30)33-7-3-4-8-35(33)37-36/h1-22H. The summed E-state index contributed by atoms with van der Waals surface area (Å²) in [5, 5.41) is 9.88. The molecular weight excluding hydrogens is 448 g/mol. The summed E-state index contributed by atoms with van der Waals surface area (Å²) in [6.07, 6.45) is 0. The predicted molar refractivity (Wildman–Crippen MR) is 157 cm³/mol. The van der Waals surface area contributed by atoms with Gasteiger partial charge in [-0.1, -0.05) is 84.9 Å². The molecule has 0 amide bonds. The largest absolute Gasteiger partial charge is 0.456 e. The van der Waals surface area contributed by atoms with Crippen molar-refractivity contribution in [1.82, 2.24) is 0 Å². The Labute approximate surface area is 214 Å². The zero-order valence-corrected chi connectivity index (χ0v) is 20.1. The molecule has 1 nitrogen and oxygen atoms in total. The molecule has 0 aliphatic carbocycles. The number of furan rings is 1. The van der Waals surface area contributed by atoms with E-state index >= 15 is 0 Å². The Morgan fingerprint density at radius 2 is 0.784 bits per heavy atom. The van der Waals surface area contributed by atoms with Gasteiger partial charge in [0.05, 0.1) is 0 Å². The van der Waals surface area contributed by atoms with Crippen LogP contribution in [-0.4, -0.2) is 0 Å². The Hall–Kier alpha value is -4.88. The van der Waals surface area contributed by atoms with E-state index in [4.69, 9.17) is 4.42 Å². The molecular formula is C36H22O. The van der Waals surface area contributed by atoms with E-state index in [0.29, 0.717) is 0 Å². The minimum atomic E-state index is 0.930. The predicted octanol–water partition coefficient (Wildman–Crippen LogP) is 10.4. The van der Waals surface area contributed by atoms with Gasteiger partial charge in [-0.05, 0) is 103 Å². The van der Waals surface area contributed by atoms with Gasteiger partial charge in [-0.15, -0.1) is 0 Å². The van der Waals surface area contributed by atoms with Crippen LogP contribution in [0.1, 0.15) is 0 Å². The van der Waals surface area contributed by atoms with Gasteiger partial charge in [-0.2, -0.15) is 0 Å². The molecule has 0 N–H and O–H groups in total. The fraction of sp³-hybridized carbons (Fsp3) is 0. The average Bonchev–Trinajstić information content (AvgIpc) is 3.33. The highest BCUT2D eigenvalue weighted by molar-refractivity contribution is 6.07. The van der Waals surface area contributed by atoms with Gasteiger partial charge in [-0.25, -0.2) is 0 Å². The SMILES string of the molecule is c1ccc2cc(-c3ccc4cc5cc(-c6ccc7oc8ccccc8c7c6)ccc5cc4c3)ccc2c1. The third kappa shape index (κ3) is 3.32. The number of hydrogen-bond donors (Lipinski definition) is 0. The fourth-order valence-corrected chi connectivity index (χ4v) is 5.63. The van der Waals surface area contributed by atoms with E-state index in [-0.39, 0.29) is 0 Å². The van der Waals surface area contributed by atoms with Crippen molar-refractivity contribution in [3.63, 3.8) is 0 Å². The summed E-state index contributed by atoms with van der Waals surface area (Å²) >= 11 is 0. The highest BCUT2D eigenvalue weighted by Crippen LogP contribution is 2.35. The van der Waals surface area contributed by atoms with E-state index in [1.165, 1.54) is 54.6 Å². The van der Waals surface area contributed by atoms with Crippen molar-refractivity contribution in [2.75, 3.05) is 0 Å². The number of hydrogen-bond acceptors (Lipinski definition) is 1. The maximum absolute atomic E-state index is 6.02. The first-order valence-electron chi connectivity index (χ1n) is 12.7. The zero-order valence-electron chi connectivity index (χ0n) is 20.1. The third-order valence-electron chi connectivity index (χ3n) is 7.59. The Balaban J connectivity index is 1.22. The number of rotatable bonds is 2. The molecule has 1 aromatic heterocycles. The number of benzene rings is 7. The maximum atomic E-state index is 6.02. The van der Waals surface area contributed by atoms with Crippen LogP contribution in [-0.2, 0) is 0 Å². The van der Waals surface area contributed by atoms with E-state index in [9.17, 15) is 0 Å². The van der Waals surface area contributed by atoms with Crippen molar-refractivity contribution in [2.24, 2.45) is 0 Å². The fourth-order valence-electron chi connectivity index (χ4n) is 5.63. The monoisotopic (exact) mass is 470 g/mol. The second-order valence-corrected chi connectivity index (χ2v) is 9.85. The van der Waals surface area contributed by atoms with Gasteiger partial charge in [0.1, 0.15) is 11.2 Å². The molecule has 37 heavy (non-hydrogen) atoms. The van der Waals surface area contributed by atoms with Crippen LogP contribution in [0.4, 0.5) is 0 Å². The lowest BCUT2D eigenvalue weighted by Crippen LogP contribution is -1.83. The van der Waals surface area contributed by atoms with Crippen LogP contribution in [0, 0.1) is 0 Å². The lowest BCUT2D eigenvalue weighted by Gasteiger charge is -2.09. The highest BCUT2D eigenvalue weighted by Gasteiger charge is 2.09. The van der Waals surface area contributed by atoms with Crippen LogP contribution >= 0.6 is 0 Å². The molecule has 1 heteroatoms. The molecule has 0 saturated heterocycles. The molecule has 0 aliphatic heterocycles. The minimum absolute atomic E-state index is 0.930. The summed E-state index contributed by atoms with van der Waals surface area (Å²) in [5.74, 6) is 0. The molecule has 0 unspecified atom stereocenters. The Morgan fingerprint density at radius 3 is 1.51 bits per heavy atom. The molecule has 0 radical (unpaired) electrons. The first kappa shape index (κ1) is 20.3. The molecule has 172 valence electrons. The van der Waals surface area contributed by atoms with Crippen LogP contribution in [0.25, 0.3) is 76.5 Å². The van der Waals surface area contributed by atoms with Crippen LogP contribution in [0.5, 0.6) is 0 Å². The van der Waals surface area contributed by atoms with E-state index in [1.54, 1.807) is 0 Å². The first-order valence-corrected chi connectivity index (χ1v) is 12.7. The molecule has 0 aliphatic rings. The maximum Gasteiger partial charge on any atom is 0.135 e. The Morgan fingerprint density at radius 1 is 0.297 bits per heavy atom. The summed E-state index contributed by atoms with van der Waals surface area (Å²) in [4.78, 5) is 0. The van der Waals surface area contributed by atoms with E-state index in [2.05, 4.69) is 121 Å². The molecule has 0 saturated carbocycles. The van der Waals surface area contributed by atoms with E-state index in [1.807, 2.05) is 12.1 Å². The summed E-state index contributed by atoms with van der Waals surface area (Å²) in [6, 6.07) is 48.2. The molecule has 0 fully saturated rings. The highest BCUT2D eigenvalue weighted by atomic mass is 16.3.